The van der Waals surface area contributed by atoms with Crippen molar-refractivity contribution in [2.75, 3.05) is 7.05 Å². The number of hydrogen-bond donors (Lipinski definition) is 1. The quantitative estimate of drug-likeness (QED) is 0.565. The average molecular weight is 150 g/mol. The van der Waals surface area contributed by atoms with Crippen molar-refractivity contribution >= 4 is 10.9 Å². The van der Waals surface area contributed by atoms with Gasteiger partial charge in [0.25, 0.3) is 0 Å². The van der Waals surface area contributed by atoms with Crippen molar-refractivity contribution in [1.29, 1.82) is 0 Å². The molecule has 0 unspecified atom stereocenters. The highest BCUT2D eigenvalue weighted by Gasteiger charge is 2.18. The van der Waals surface area contributed by atoms with Gasteiger partial charge in [-0.25, -0.2) is 12.7 Å². The molecule has 0 rings (SSSR count). The number of rotatable bonds is 2. The lowest BCUT2D eigenvalue weighted by molar-refractivity contribution is 0.335. The standard InChI is InChI=1S/C5H12NO2S/c1-5(2,3)6(4)9(7)8/h9H,1H2,2-4H3. The van der Waals surface area contributed by atoms with E-state index in [0.717, 1.165) is 0 Å². The Bertz CT molecular complexity index is 149. The maximum atomic E-state index is 10.3. The van der Waals surface area contributed by atoms with Gasteiger partial charge in [-0.15, -0.1) is 0 Å². The first-order chi connectivity index (χ1) is 3.85. The van der Waals surface area contributed by atoms with E-state index in [1.165, 1.54) is 11.4 Å². The van der Waals surface area contributed by atoms with Crippen molar-refractivity contribution in [1.82, 2.24) is 4.31 Å². The summed E-state index contributed by atoms with van der Waals surface area (Å²) in [4.78, 5) is 0. The Balaban J connectivity index is 4.22. The molecule has 0 heterocycles. The molecule has 4 heteroatoms. The molecular formula is C5H12NO2S. The highest BCUT2D eigenvalue weighted by Crippen LogP contribution is 2.08. The van der Waals surface area contributed by atoms with Gasteiger partial charge >= 0.3 is 0 Å². The zero-order valence-corrected chi connectivity index (χ0v) is 6.81. The van der Waals surface area contributed by atoms with Crippen LogP contribution in [0.1, 0.15) is 13.8 Å². The molecule has 0 spiro atoms. The van der Waals surface area contributed by atoms with Crippen LogP contribution >= 0.6 is 0 Å². The van der Waals surface area contributed by atoms with Crippen molar-refractivity contribution in [3.8, 4) is 0 Å². The topological polar surface area (TPSA) is 37.4 Å². The van der Waals surface area contributed by atoms with Crippen LogP contribution in [0.2, 0.25) is 0 Å². The lowest BCUT2D eigenvalue weighted by atomic mass is 10.1. The minimum atomic E-state index is -2.48. The van der Waals surface area contributed by atoms with E-state index >= 15 is 0 Å². The fourth-order valence-corrected chi connectivity index (χ4v) is 0.663. The van der Waals surface area contributed by atoms with Crippen LogP contribution in [0.4, 0.5) is 0 Å². The van der Waals surface area contributed by atoms with E-state index in [1.807, 2.05) is 0 Å². The number of hydrogen-bond acceptors (Lipinski definition) is 2. The molecule has 9 heavy (non-hydrogen) atoms. The lowest BCUT2D eigenvalue weighted by Crippen LogP contribution is -2.36. The molecule has 3 nitrogen and oxygen atoms in total. The predicted octanol–water partition coefficient (Wildman–Crippen LogP) is 0.0573. The van der Waals surface area contributed by atoms with Crippen molar-refractivity contribution in [3.63, 3.8) is 0 Å². The van der Waals surface area contributed by atoms with Gasteiger partial charge in [-0.05, 0) is 20.8 Å². The molecule has 1 radical (unpaired) electrons. The molecule has 0 saturated heterocycles. The Morgan fingerprint density at radius 2 is 1.78 bits per heavy atom. The first-order valence-electron chi connectivity index (χ1n) is 2.59. The Morgan fingerprint density at radius 1 is 1.44 bits per heavy atom. The summed E-state index contributed by atoms with van der Waals surface area (Å²) < 4.78 is 21.7. The first kappa shape index (κ1) is 8.91. The fraction of sp³-hybridized carbons (Fsp3) is 0.800. The number of thiol groups is 1. The smallest absolute Gasteiger partial charge is 0.204 e. The maximum absolute atomic E-state index is 10.3. The summed E-state index contributed by atoms with van der Waals surface area (Å²) in [6.45, 7) is 7.10. The summed E-state index contributed by atoms with van der Waals surface area (Å²) in [7, 11) is -0.980. The molecule has 0 aliphatic carbocycles. The molecule has 0 aromatic rings. The summed E-state index contributed by atoms with van der Waals surface area (Å²) in [6, 6.07) is 0. The van der Waals surface area contributed by atoms with Gasteiger partial charge in [0.1, 0.15) is 0 Å². The second-order valence-corrected chi connectivity index (χ2v) is 3.65. The van der Waals surface area contributed by atoms with Gasteiger partial charge in [-0.1, -0.05) is 0 Å². The van der Waals surface area contributed by atoms with Crippen molar-refractivity contribution in [3.05, 3.63) is 6.92 Å². The van der Waals surface area contributed by atoms with Crippen molar-refractivity contribution in [2.24, 2.45) is 0 Å². The van der Waals surface area contributed by atoms with Crippen LogP contribution in [0.25, 0.3) is 0 Å². The number of nitrogens with zero attached hydrogens (tertiary/aromatic N) is 1. The summed E-state index contributed by atoms with van der Waals surface area (Å²) >= 11 is 0. The van der Waals surface area contributed by atoms with Crippen LogP contribution in [-0.2, 0) is 10.9 Å². The highest BCUT2D eigenvalue weighted by molar-refractivity contribution is 7.69. The maximum Gasteiger partial charge on any atom is 0.204 e. The Hall–Kier alpha value is -0.0900. The van der Waals surface area contributed by atoms with E-state index in [9.17, 15) is 8.42 Å². The Labute approximate surface area is 57.8 Å². The van der Waals surface area contributed by atoms with Gasteiger partial charge in [-0.2, -0.15) is 0 Å². The first-order valence-corrected chi connectivity index (χ1v) is 3.72. The minimum Gasteiger partial charge on any atom is -0.215 e. The molecule has 0 bridgehead atoms. The van der Waals surface area contributed by atoms with Crippen LogP contribution < -0.4 is 0 Å². The van der Waals surface area contributed by atoms with Gasteiger partial charge < -0.3 is 0 Å². The molecule has 0 atom stereocenters. The molecular weight excluding hydrogens is 138 g/mol. The van der Waals surface area contributed by atoms with Gasteiger partial charge in [0.2, 0.25) is 10.9 Å². The summed E-state index contributed by atoms with van der Waals surface area (Å²) in [5, 5.41) is 0. The molecule has 0 aliphatic heterocycles. The second-order valence-electron chi connectivity index (χ2n) is 2.57. The third-order valence-corrected chi connectivity index (χ3v) is 2.15. The lowest BCUT2D eigenvalue weighted by Gasteiger charge is -2.25. The normalized spacial score (nSPS) is 13.1. The largest absolute Gasteiger partial charge is 0.215 e. The molecule has 0 aromatic carbocycles. The van der Waals surface area contributed by atoms with Crippen LogP contribution in [0.3, 0.4) is 0 Å². The van der Waals surface area contributed by atoms with E-state index in [4.69, 9.17) is 0 Å². The summed E-state index contributed by atoms with van der Waals surface area (Å²) in [6.07, 6.45) is 0. The molecule has 0 N–H and O–H groups in total. The van der Waals surface area contributed by atoms with Crippen LogP contribution in [0.15, 0.2) is 0 Å². The molecule has 0 aliphatic rings. The SMILES string of the molecule is [CH2]C(C)(C)N(C)[SH](=O)=O. The van der Waals surface area contributed by atoms with Crippen molar-refractivity contribution < 1.29 is 8.42 Å². The third-order valence-electron chi connectivity index (χ3n) is 1.12. The summed E-state index contributed by atoms with van der Waals surface area (Å²) in [5.41, 5.74) is -0.533. The Morgan fingerprint density at radius 3 is 1.78 bits per heavy atom. The van der Waals surface area contributed by atoms with E-state index in [1.54, 1.807) is 13.8 Å². The van der Waals surface area contributed by atoms with E-state index in [-0.39, 0.29) is 0 Å². The molecule has 0 aromatic heterocycles. The van der Waals surface area contributed by atoms with E-state index in [0.29, 0.717) is 0 Å². The van der Waals surface area contributed by atoms with Gasteiger partial charge in [0, 0.05) is 12.6 Å². The summed E-state index contributed by atoms with van der Waals surface area (Å²) in [5.74, 6) is 0. The Kier molecular flexibility index (Phi) is 2.64. The highest BCUT2D eigenvalue weighted by atomic mass is 32.2. The molecule has 0 saturated carbocycles. The van der Waals surface area contributed by atoms with Gasteiger partial charge in [-0.3, -0.25) is 0 Å². The monoisotopic (exact) mass is 150 g/mol. The van der Waals surface area contributed by atoms with Gasteiger partial charge in [0.05, 0.1) is 0 Å². The molecule has 55 valence electrons. The molecule has 0 fully saturated rings. The van der Waals surface area contributed by atoms with Crippen molar-refractivity contribution in [2.45, 2.75) is 19.4 Å². The van der Waals surface area contributed by atoms with Gasteiger partial charge in [0.15, 0.2) is 0 Å². The second kappa shape index (κ2) is 2.66. The van der Waals surface area contributed by atoms with Crippen LogP contribution in [0.5, 0.6) is 0 Å². The zero-order valence-electron chi connectivity index (χ0n) is 5.92. The van der Waals surface area contributed by atoms with Crippen LogP contribution in [0, 0.1) is 6.92 Å². The average Bonchev–Trinajstić information content (AvgIpc) is 1.62. The minimum absolute atomic E-state index is 0.533. The third kappa shape index (κ3) is 2.81. The van der Waals surface area contributed by atoms with E-state index in [2.05, 4.69) is 6.92 Å². The fourth-order valence-electron chi connectivity index (χ4n) is 0.221. The molecule has 0 amide bonds. The van der Waals surface area contributed by atoms with Crippen LogP contribution in [-0.4, -0.2) is 25.3 Å². The van der Waals surface area contributed by atoms with E-state index < -0.39 is 16.4 Å². The predicted molar refractivity (Wildman–Crippen MR) is 37.5 cm³/mol. The zero-order chi connectivity index (χ0) is 7.65.